The Kier molecular flexibility index (Phi) is 6.41. The van der Waals surface area contributed by atoms with Crippen molar-refractivity contribution in [3.05, 3.63) is 94.3 Å². The normalized spacial score (nSPS) is 10.7. The highest BCUT2D eigenvalue weighted by molar-refractivity contribution is 5.94. The summed E-state index contributed by atoms with van der Waals surface area (Å²) in [6, 6.07) is 21.6. The van der Waals surface area contributed by atoms with Crippen LogP contribution in [0.25, 0.3) is 10.9 Å². The van der Waals surface area contributed by atoms with E-state index in [2.05, 4.69) is 38.1 Å². The van der Waals surface area contributed by atoms with Crippen LogP contribution in [0, 0.1) is 10.1 Å². The maximum absolute atomic E-state index is 11.5. The first-order valence-corrected chi connectivity index (χ1v) is 10.4. The average Bonchev–Trinajstić information content (AvgIpc) is 2.82. The molecule has 32 heavy (non-hydrogen) atoms. The molecule has 0 amide bonds. The molecule has 0 saturated heterocycles. The van der Waals surface area contributed by atoms with Gasteiger partial charge in [0.2, 0.25) is 0 Å². The van der Waals surface area contributed by atoms with Gasteiger partial charge in [-0.05, 0) is 36.2 Å². The molecule has 3 aromatic carbocycles. The SMILES string of the molecule is CCNc1cc2ncnc(NCc3ccc(NCc4ccccc4)cc3)c2cc1[N+](=O)[O-]. The van der Waals surface area contributed by atoms with E-state index in [1.807, 2.05) is 49.4 Å². The van der Waals surface area contributed by atoms with Crippen LogP contribution in [0.4, 0.5) is 22.9 Å². The van der Waals surface area contributed by atoms with Crippen LogP contribution in [0.2, 0.25) is 0 Å². The fourth-order valence-electron chi connectivity index (χ4n) is 3.44. The molecule has 0 radical (unpaired) electrons. The molecular weight excluding hydrogens is 404 g/mol. The molecule has 3 N–H and O–H groups in total. The molecule has 0 saturated carbocycles. The summed E-state index contributed by atoms with van der Waals surface area (Å²) in [4.78, 5) is 19.7. The van der Waals surface area contributed by atoms with Crippen molar-refractivity contribution in [2.75, 3.05) is 22.5 Å². The number of fused-ring (bicyclic) bond motifs is 1. The lowest BCUT2D eigenvalue weighted by Crippen LogP contribution is -2.05. The molecular formula is C24H24N6O2. The predicted octanol–water partition coefficient (Wildman–Crippen LogP) is 5.19. The van der Waals surface area contributed by atoms with E-state index < -0.39 is 4.92 Å². The number of hydrogen-bond donors (Lipinski definition) is 3. The summed E-state index contributed by atoms with van der Waals surface area (Å²) in [7, 11) is 0. The number of anilines is 3. The number of nitrogens with one attached hydrogen (secondary N) is 3. The van der Waals surface area contributed by atoms with Crippen molar-refractivity contribution in [3.63, 3.8) is 0 Å². The summed E-state index contributed by atoms with van der Waals surface area (Å²) >= 11 is 0. The molecule has 0 aliphatic rings. The van der Waals surface area contributed by atoms with Gasteiger partial charge in [0.25, 0.3) is 5.69 Å². The maximum Gasteiger partial charge on any atom is 0.293 e. The molecule has 4 rings (SSSR count). The fraction of sp³-hybridized carbons (Fsp3) is 0.167. The summed E-state index contributed by atoms with van der Waals surface area (Å²) < 4.78 is 0. The van der Waals surface area contributed by atoms with E-state index in [0.717, 1.165) is 17.8 Å². The molecule has 0 bridgehead atoms. The fourth-order valence-corrected chi connectivity index (χ4v) is 3.44. The smallest absolute Gasteiger partial charge is 0.293 e. The summed E-state index contributed by atoms with van der Waals surface area (Å²) in [6.45, 7) is 3.77. The Morgan fingerprint density at radius 1 is 0.875 bits per heavy atom. The molecule has 0 spiro atoms. The first-order valence-electron chi connectivity index (χ1n) is 10.4. The number of nitro groups is 1. The Morgan fingerprint density at radius 3 is 2.31 bits per heavy atom. The first kappa shape index (κ1) is 21.0. The van der Waals surface area contributed by atoms with Gasteiger partial charge in [-0.1, -0.05) is 42.5 Å². The number of hydrogen-bond acceptors (Lipinski definition) is 7. The van der Waals surface area contributed by atoms with E-state index in [9.17, 15) is 10.1 Å². The number of nitro benzene ring substituents is 1. The van der Waals surface area contributed by atoms with Crippen LogP contribution in [0.1, 0.15) is 18.1 Å². The lowest BCUT2D eigenvalue weighted by Gasteiger charge is -2.11. The average molecular weight is 428 g/mol. The standard InChI is InChI=1S/C24H24N6O2/c1-2-25-22-13-21-20(12-23(22)30(31)32)24(29-16-28-21)27-15-18-8-10-19(11-9-18)26-14-17-6-4-3-5-7-17/h3-13,16,25-26H,2,14-15H2,1H3,(H,27,28,29). The number of nitrogens with zero attached hydrogens (tertiary/aromatic N) is 3. The Labute approximate surface area is 185 Å². The van der Waals surface area contributed by atoms with Gasteiger partial charge in [0.05, 0.1) is 10.4 Å². The van der Waals surface area contributed by atoms with Crippen molar-refractivity contribution < 1.29 is 4.92 Å². The third-order valence-corrected chi connectivity index (χ3v) is 5.07. The van der Waals surface area contributed by atoms with Gasteiger partial charge in [0.15, 0.2) is 0 Å². The third kappa shape index (κ3) is 4.92. The first-order chi connectivity index (χ1) is 15.6. The van der Waals surface area contributed by atoms with Gasteiger partial charge in [-0.25, -0.2) is 9.97 Å². The largest absolute Gasteiger partial charge is 0.381 e. The minimum Gasteiger partial charge on any atom is -0.381 e. The van der Waals surface area contributed by atoms with Crippen LogP contribution in [0.3, 0.4) is 0 Å². The van der Waals surface area contributed by atoms with E-state index >= 15 is 0 Å². The minimum absolute atomic E-state index is 0.00560. The summed E-state index contributed by atoms with van der Waals surface area (Å²) in [6.07, 6.45) is 1.46. The van der Waals surface area contributed by atoms with E-state index in [0.29, 0.717) is 35.5 Å². The second-order valence-electron chi connectivity index (χ2n) is 7.29. The Morgan fingerprint density at radius 2 is 1.59 bits per heavy atom. The predicted molar refractivity (Wildman–Crippen MR) is 128 cm³/mol. The van der Waals surface area contributed by atoms with Crippen molar-refractivity contribution in [2.24, 2.45) is 0 Å². The zero-order valence-electron chi connectivity index (χ0n) is 17.7. The molecule has 0 aliphatic carbocycles. The molecule has 0 unspecified atom stereocenters. The molecule has 1 aromatic heterocycles. The number of aromatic nitrogens is 2. The van der Waals surface area contributed by atoms with Gasteiger partial charge in [0.1, 0.15) is 17.8 Å². The van der Waals surface area contributed by atoms with Gasteiger partial charge in [0, 0.05) is 36.8 Å². The van der Waals surface area contributed by atoms with Crippen LogP contribution in [-0.4, -0.2) is 21.4 Å². The summed E-state index contributed by atoms with van der Waals surface area (Å²) in [5, 5.41) is 21.8. The third-order valence-electron chi connectivity index (χ3n) is 5.07. The van der Waals surface area contributed by atoms with Crippen molar-refractivity contribution in [2.45, 2.75) is 20.0 Å². The minimum atomic E-state index is -0.393. The van der Waals surface area contributed by atoms with Crippen LogP contribution in [-0.2, 0) is 13.1 Å². The van der Waals surface area contributed by atoms with E-state index in [1.54, 1.807) is 6.07 Å². The molecule has 8 nitrogen and oxygen atoms in total. The number of rotatable bonds is 9. The van der Waals surface area contributed by atoms with Crippen molar-refractivity contribution in [1.29, 1.82) is 0 Å². The van der Waals surface area contributed by atoms with Gasteiger partial charge < -0.3 is 16.0 Å². The lowest BCUT2D eigenvalue weighted by molar-refractivity contribution is -0.383. The second kappa shape index (κ2) is 9.74. The van der Waals surface area contributed by atoms with Crippen molar-refractivity contribution >= 4 is 33.8 Å². The van der Waals surface area contributed by atoms with Crippen LogP contribution < -0.4 is 16.0 Å². The summed E-state index contributed by atoms with van der Waals surface area (Å²) in [5.74, 6) is 0.562. The summed E-state index contributed by atoms with van der Waals surface area (Å²) in [5.41, 5.74) is 4.43. The van der Waals surface area contributed by atoms with Gasteiger partial charge in [-0.2, -0.15) is 0 Å². The molecule has 0 fully saturated rings. The lowest BCUT2D eigenvalue weighted by atomic mass is 10.1. The highest BCUT2D eigenvalue weighted by Gasteiger charge is 2.17. The molecule has 0 aliphatic heterocycles. The maximum atomic E-state index is 11.5. The monoisotopic (exact) mass is 428 g/mol. The zero-order chi connectivity index (χ0) is 22.3. The van der Waals surface area contributed by atoms with E-state index in [1.165, 1.54) is 18.0 Å². The molecule has 8 heteroatoms. The topological polar surface area (TPSA) is 105 Å². The molecule has 1 heterocycles. The molecule has 162 valence electrons. The zero-order valence-corrected chi connectivity index (χ0v) is 17.7. The Bertz CT molecular complexity index is 1210. The van der Waals surface area contributed by atoms with E-state index in [4.69, 9.17) is 0 Å². The van der Waals surface area contributed by atoms with Crippen molar-refractivity contribution in [1.82, 2.24) is 9.97 Å². The van der Waals surface area contributed by atoms with Crippen molar-refractivity contribution in [3.8, 4) is 0 Å². The van der Waals surface area contributed by atoms with Crippen LogP contribution in [0.15, 0.2) is 73.1 Å². The van der Waals surface area contributed by atoms with Crippen LogP contribution >= 0.6 is 0 Å². The highest BCUT2D eigenvalue weighted by Crippen LogP contribution is 2.32. The molecule has 0 atom stereocenters. The van der Waals surface area contributed by atoms with Crippen LogP contribution in [0.5, 0.6) is 0 Å². The van der Waals surface area contributed by atoms with Gasteiger partial charge >= 0.3 is 0 Å². The molecule has 4 aromatic rings. The second-order valence-corrected chi connectivity index (χ2v) is 7.29. The van der Waals surface area contributed by atoms with Gasteiger partial charge in [-0.15, -0.1) is 0 Å². The number of benzene rings is 3. The Hall–Kier alpha value is -4.20. The van der Waals surface area contributed by atoms with E-state index in [-0.39, 0.29) is 5.69 Å². The Balaban J connectivity index is 1.46. The van der Waals surface area contributed by atoms with Gasteiger partial charge in [-0.3, -0.25) is 10.1 Å². The highest BCUT2D eigenvalue weighted by atomic mass is 16.6. The quantitative estimate of drug-likeness (QED) is 0.249.